The molecule has 0 heterocycles. The maximum Gasteiger partial charge on any atom is 0.310 e. The van der Waals surface area contributed by atoms with Crippen molar-refractivity contribution in [3.05, 3.63) is 34.1 Å². The molecule has 2 nitrogen and oxygen atoms in total. The molecule has 0 fully saturated rings. The Kier molecular flexibility index (Phi) is 3.47. The van der Waals surface area contributed by atoms with Crippen LogP contribution in [0.4, 0.5) is 4.39 Å². The summed E-state index contributed by atoms with van der Waals surface area (Å²) >= 11 is 5.79. The van der Waals surface area contributed by atoms with Gasteiger partial charge < -0.3 is 4.74 Å². The van der Waals surface area contributed by atoms with Gasteiger partial charge in [0.05, 0.1) is 13.5 Å². The highest BCUT2D eigenvalue weighted by Crippen LogP contribution is 2.22. The lowest BCUT2D eigenvalue weighted by molar-refractivity contribution is -0.139. The second-order valence-corrected chi connectivity index (χ2v) is 3.29. The van der Waals surface area contributed by atoms with Crippen molar-refractivity contribution < 1.29 is 13.9 Å². The number of carbonyl (C=O) groups is 1. The third-order valence-corrected chi connectivity index (χ3v) is 2.43. The zero-order valence-corrected chi connectivity index (χ0v) is 8.69. The van der Waals surface area contributed by atoms with E-state index >= 15 is 0 Å². The van der Waals surface area contributed by atoms with E-state index in [1.165, 1.54) is 19.2 Å². The minimum atomic E-state index is -0.478. The van der Waals surface area contributed by atoms with Crippen LogP contribution in [0.2, 0.25) is 5.02 Å². The lowest BCUT2D eigenvalue weighted by Gasteiger charge is -2.07. The van der Waals surface area contributed by atoms with E-state index in [1.807, 2.05) is 0 Å². The lowest BCUT2D eigenvalue weighted by atomic mass is 10.1. The van der Waals surface area contributed by atoms with Crippen LogP contribution in [0, 0.1) is 12.7 Å². The molecule has 1 aromatic carbocycles. The van der Waals surface area contributed by atoms with Gasteiger partial charge in [-0.1, -0.05) is 11.6 Å². The molecule has 4 heteroatoms. The highest BCUT2D eigenvalue weighted by atomic mass is 35.5. The second-order valence-electron chi connectivity index (χ2n) is 2.89. The number of methoxy groups -OCH3 is 1. The molecular formula is C10H10ClFO2. The summed E-state index contributed by atoms with van der Waals surface area (Å²) in [4.78, 5) is 11.0. The number of halogens is 2. The molecule has 0 spiro atoms. The maximum absolute atomic E-state index is 13.3. The molecule has 0 saturated carbocycles. The largest absolute Gasteiger partial charge is 0.469 e. The van der Waals surface area contributed by atoms with E-state index in [9.17, 15) is 9.18 Å². The first kappa shape index (κ1) is 11.0. The van der Waals surface area contributed by atoms with Gasteiger partial charge in [0, 0.05) is 10.6 Å². The van der Waals surface area contributed by atoms with Crippen LogP contribution in [-0.2, 0) is 16.0 Å². The van der Waals surface area contributed by atoms with Gasteiger partial charge in [-0.3, -0.25) is 4.79 Å². The molecular weight excluding hydrogens is 207 g/mol. The summed E-state index contributed by atoms with van der Waals surface area (Å²) in [5.74, 6) is -0.911. The van der Waals surface area contributed by atoms with Crippen LogP contribution < -0.4 is 0 Å². The van der Waals surface area contributed by atoms with Gasteiger partial charge in [0.25, 0.3) is 0 Å². The number of carbonyl (C=O) groups excluding carboxylic acids is 1. The third kappa shape index (κ3) is 2.23. The normalized spacial score (nSPS) is 10.0. The predicted molar refractivity (Wildman–Crippen MR) is 51.9 cm³/mol. The Bertz CT molecular complexity index is 363. The summed E-state index contributed by atoms with van der Waals surface area (Å²) in [5.41, 5.74) is 0.876. The minimum Gasteiger partial charge on any atom is -0.469 e. The van der Waals surface area contributed by atoms with E-state index in [4.69, 9.17) is 11.6 Å². The van der Waals surface area contributed by atoms with Crippen LogP contribution in [0.5, 0.6) is 0 Å². The zero-order valence-electron chi connectivity index (χ0n) is 7.93. The van der Waals surface area contributed by atoms with E-state index in [0.717, 1.165) is 0 Å². The van der Waals surface area contributed by atoms with Crippen LogP contribution in [0.3, 0.4) is 0 Å². The van der Waals surface area contributed by atoms with E-state index in [2.05, 4.69) is 4.74 Å². The molecule has 0 aliphatic carbocycles. The van der Waals surface area contributed by atoms with Gasteiger partial charge >= 0.3 is 5.97 Å². The molecule has 0 aromatic heterocycles. The molecule has 1 rings (SSSR count). The topological polar surface area (TPSA) is 26.3 Å². The van der Waals surface area contributed by atoms with Crippen LogP contribution in [-0.4, -0.2) is 13.1 Å². The van der Waals surface area contributed by atoms with Crippen molar-refractivity contribution in [2.24, 2.45) is 0 Å². The molecule has 1 aromatic rings. The molecule has 0 N–H and O–H groups in total. The van der Waals surface area contributed by atoms with Gasteiger partial charge in [-0.2, -0.15) is 0 Å². The lowest BCUT2D eigenvalue weighted by Crippen LogP contribution is -2.08. The molecule has 0 aliphatic rings. The molecule has 0 radical (unpaired) electrons. The summed E-state index contributed by atoms with van der Waals surface area (Å²) in [6.45, 7) is 1.67. The molecule has 0 amide bonds. The monoisotopic (exact) mass is 216 g/mol. The van der Waals surface area contributed by atoms with Gasteiger partial charge in [0.2, 0.25) is 0 Å². The predicted octanol–water partition coefficient (Wildman–Crippen LogP) is 2.50. The van der Waals surface area contributed by atoms with Gasteiger partial charge in [0.1, 0.15) is 5.82 Å². The Morgan fingerprint density at radius 3 is 2.79 bits per heavy atom. The number of ether oxygens (including phenoxy) is 1. The fraction of sp³-hybridized carbons (Fsp3) is 0.300. The minimum absolute atomic E-state index is 0.0886. The molecule has 0 unspecified atom stereocenters. The number of hydrogen-bond acceptors (Lipinski definition) is 2. The van der Waals surface area contributed by atoms with Crippen molar-refractivity contribution in [1.29, 1.82) is 0 Å². The van der Waals surface area contributed by atoms with Crippen LogP contribution in [0.1, 0.15) is 11.1 Å². The van der Waals surface area contributed by atoms with E-state index in [1.54, 1.807) is 6.92 Å². The molecule has 14 heavy (non-hydrogen) atoms. The van der Waals surface area contributed by atoms with Gasteiger partial charge in [-0.15, -0.1) is 0 Å². The Balaban J connectivity index is 3.06. The average molecular weight is 217 g/mol. The first-order valence-electron chi connectivity index (χ1n) is 4.06. The number of esters is 1. The van der Waals surface area contributed by atoms with Gasteiger partial charge in [-0.25, -0.2) is 4.39 Å². The van der Waals surface area contributed by atoms with Crippen molar-refractivity contribution in [1.82, 2.24) is 0 Å². The van der Waals surface area contributed by atoms with E-state index < -0.39 is 11.8 Å². The van der Waals surface area contributed by atoms with Crippen LogP contribution in [0.25, 0.3) is 0 Å². The second kappa shape index (κ2) is 4.42. The SMILES string of the molecule is COC(=O)Cc1c(F)ccc(Cl)c1C. The van der Waals surface area contributed by atoms with Crippen molar-refractivity contribution >= 4 is 17.6 Å². The average Bonchev–Trinajstić information content (AvgIpc) is 2.18. The quantitative estimate of drug-likeness (QED) is 0.710. The summed E-state index contributed by atoms with van der Waals surface area (Å²) in [6.07, 6.45) is -0.0886. The van der Waals surface area contributed by atoms with E-state index in [-0.39, 0.29) is 6.42 Å². The Hall–Kier alpha value is -1.09. The zero-order chi connectivity index (χ0) is 10.7. The molecule has 76 valence electrons. The Morgan fingerprint density at radius 1 is 1.57 bits per heavy atom. The summed E-state index contributed by atoms with van der Waals surface area (Å²) in [5, 5.41) is 0.449. The highest BCUT2D eigenvalue weighted by molar-refractivity contribution is 6.31. The van der Waals surface area contributed by atoms with Crippen LogP contribution >= 0.6 is 11.6 Å². The summed E-state index contributed by atoms with van der Waals surface area (Å²) < 4.78 is 17.7. The fourth-order valence-corrected chi connectivity index (χ4v) is 1.31. The van der Waals surface area contributed by atoms with Crippen LogP contribution in [0.15, 0.2) is 12.1 Å². The molecule has 0 aliphatic heterocycles. The molecule has 0 saturated heterocycles. The van der Waals surface area contributed by atoms with Crippen molar-refractivity contribution in [2.45, 2.75) is 13.3 Å². The number of rotatable bonds is 2. The number of hydrogen-bond donors (Lipinski definition) is 0. The van der Waals surface area contributed by atoms with Crippen molar-refractivity contribution in [3.8, 4) is 0 Å². The third-order valence-electron chi connectivity index (χ3n) is 2.02. The Labute approximate surface area is 86.6 Å². The first-order chi connectivity index (χ1) is 6.56. The van der Waals surface area contributed by atoms with Gasteiger partial charge in [0.15, 0.2) is 0 Å². The van der Waals surface area contributed by atoms with Crippen molar-refractivity contribution in [2.75, 3.05) is 7.11 Å². The highest BCUT2D eigenvalue weighted by Gasteiger charge is 2.12. The van der Waals surface area contributed by atoms with E-state index in [0.29, 0.717) is 16.1 Å². The van der Waals surface area contributed by atoms with Crippen molar-refractivity contribution in [3.63, 3.8) is 0 Å². The Morgan fingerprint density at radius 2 is 2.21 bits per heavy atom. The maximum atomic E-state index is 13.3. The standard InChI is InChI=1S/C10H10ClFO2/c1-6-7(5-10(13)14-2)9(12)4-3-8(6)11/h3-4H,5H2,1-2H3. The summed E-state index contributed by atoms with van der Waals surface area (Å²) in [7, 11) is 1.26. The smallest absolute Gasteiger partial charge is 0.310 e. The molecule has 0 bridgehead atoms. The summed E-state index contributed by atoms with van der Waals surface area (Å²) in [6, 6.07) is 2.71. The fourth-order valence-electron chi connectivity index (χ4n) is 1.13. The first-order valence-corrected chi connectivity index (χ1v) is 4.44. The van der Waals surface area contributed by atoms with Gasteiger partial charge in [-0.05, 0) is 24.6 Å². The molecule has 0 atom stereocenters. The number of benzene rings is 1.